The zero-order valence-corrected chi connectivity index (χ0v) is 13.0. The van der Waals surface area contributed by atoms with E-state index in [1.165, 1.54) is 11.3 Å². The molecule has 0 bridgehead atoms. The van der Waals surface area contributed by atoms with Gasteiger partial charge in [-0.05, 0) is 41.8 Å². The van der Waals surface area contributed by atoms with Crippen molar-refractivity contribution in [3.05, 3.63) is 78.2 Å². The van der Waals surface area contributed by atoms with Gasteiger partial charge in [-0.1, -0.05) is 18.2 Å². The van der Waals surface area contributed by atoms with Crippen molar-refractivity contribution in [2.24, 2.45) is 0 Å². The number of hydrogen-bond acceptors (Lipinski definition) is 3. The first kappa shape index (κ1) is 13.7. The highest BCUT2D eigenvalue weighted by Crippen LogP contribution is 2.26. The molecular weight excluding hydrogens is 306 g/mol. The number of fused-ring (bicyclic) bond motifs is 1. The van der Waals surface area contributed by atoms with Crippen molar-refractivity contribution in [1.29, 1.82) is 0 Å². The van der Waals surface area contributed by atoms with Crippen LogP contribution in [0.4, 0.5) is 5.69 Å². The van der Waals surface area contributed by atoms with E-state index < -0.39 is 0 Å². The van der Waals surface area contributed by atoms with Gasteiger partial charge in [-0.25, -0.2) is 4.98 Å². The number of benzene rings is 2. The Labute approximate surface area is 137 Å². The van der Waals surface area contributed by atoms with Crippen LogP contribution >= 0.6 is 11.3 Å². The lowest BCUT2D eigenvalue weighted by Crippen LogP contribution is -2.09. The molecule has 0 aliphatic heterocycles. The van der Waals surface area contributed by atoms with Crippen LogP contribution in [0.15, 0.2) is 73.3 Å². The number of carbonyl (C=O) groups excluding carboxylic acids is 1. The van der Waals surface area contributed by atoms with Gasteiger partial charge in [0.1, 0.15) is 0 Å². The molecule has 0 unspecified atom stereocenters. The van der Waals surface area contributed by atoms with E-state index in [-0.39, 0.29) is 5.91 Å². The molecule has 1 N–H and O–H groups in total. The first-order chi connectivity index (χ1) is 11.3. The van der Waals surface area contributed by atoms with Crippen molar-refractivity contribution in [2.75, 3.05) is 5.32 Å². The van der Waals surface area contributed by atoms with Crippen molar-refractivity contribution < 1.29 is 4.79 Å². The second-order valence-corrected chi connectivity index (χ2v) is 6.20. The smallest absolute Gasteiger partial charge is 0.265 e. The highest BCUT2D eigenvalue weighted by Gasteiger charge is 2.10. The molecule has 0 saturated carbocycles. The molecule has 4 aromatic rings. The van der Waals surface area contributed by atoms with Crippen molar-refractivity contribution >= 4 is 33.0 Å². The van der Waals surface area contributed by atoms with E-state index in [2.05, 4.69) is 10.3 Å². The first-order valence-corrected chi connectivity index (χ1v) is 7.99. The van der Waals surface area contributed by atoms with Crippen LogP contribution in [0.25, 0.3) is 15.8 Å². The number of aromatic nitrogens is 2. The average Bonchev–Trinajstić information content (AvgIpc) is 3.25. The van der Waals surface area contributed by atoms with Crippen LogP contribution in [0.3, 0.4) is 0 Å². The van der Waals surface area contributed by atoms with Gasteiger partial charge in [0.05, 0.1) is 11.2 Å². The molecule has 4 nitrogen and oxygen atoms in total. The van der Waals surface area contributed by atoms with Gasteiger partial charge in [-0.2, -0.15) is 0 Å². The Hall–Kier alpha value is -2.92. The Morgan fingerprint density at radius 2 is 1.91 bits per heavy atom. The van der Waals surface area contributed by atoms with Crippen molar-refractivity contribution in [2.45, 2.75) is 0 Å². The molecule has 5 heteroatoms. The Morgan fingerprint density at radius 3 is 2.65 bits per heavy atom. The van der Waals surface area contributed by atoms with Crippen LogP contribution in [0, 0.1) is 0 Å². The summed E-state index contributed by atoms with van der Waals surface area (Å²) in [6, 6.07) is 17.6. The number of imidazole rings is 1. The van der Waals surface area contributed by atoms with E-state index in [0.29, 0.717) is 4.88 Å². The number of nitrogens with one attached hydrogen (secondary N) is 1. The van der Waals surface area contributed by atoms with Crippen LogP contribution in [-0.2, 0) is 0 Å². The van der Waals surface area contributed by atoms with E-state index in [1.54, 1.807) is 12.5 Å². The van der Waals surface area contributed by atoms with Gasteiger partial charge >= 0.3 is 0 Å². The minimum absolute atomic E-state index is 0.0819. The summed E-state index contributed by atoms with van der Waals surface area (Å²) in [6.45, 7) is 0. The number of thiophene rings is 1. The second kappa shape index (κ2) is 5.70. The van der Waals surface area contributed by atoms with E-state index in [1.807, 2.05) is 65.4 Å². The fraction of sp³-hybridized carbons (Fsp3) is 0. The molecule has 0 aliphatic rings. The normalized spacial score (nSPS) is 10.8. The molecule has 23 heavy (non-hydrogen) atoms. The minimum Gasteiger partial charge on any atom is -0.321 e. The summed E-state index contributed by atoms with van der Waals surface area (Å²) in [5, 5.41) is 4.03. The molecule has 0 spiro atoms. The van der Waals surface area contributed by atoms with Crippen molar-refractivity contribution in [3.8, 4) is 5.69 Å². The number of rotatable bonds is 3. The summed E-state index contributed by atoms with van der Waals surface area (Å²) >= 11 is 1.50. The highest BCUT2D eigenvalue weighted by atomic mass is 32.1. The average molecular weight is 319 g/mol. The van der Waals surface area contributed by atoms with Crippen LogP contribution in [0.5, 0.6) is 0 Å². The van der Waals surface area contributed by atoms with Crippen molar-refractivity contribution in [1.82, 2.24) is 9.55 Å². The van der Waals surface area contributed by atoms with Gasteiger partial charge in [0.25, 0.3) is 5.91 Å². The molecule has 1 amide bonds. The summed E-state index contributed by atoms with van der Waals surface area (Å²) < 4.78 is 3.03. The van der Waals surface area contributed by atoms with E-state index >= 15 is 0 Å². The van der Waals surface area contributed by atoms with Crippen LogP contribution in [0.1, 0.15) is 9.67 Å². The Morgan fingerprint density at radius 1 is 1.09 bits per heavy atom. The summed E-state index contributed by atoms with van der Waals surface area (Å²) in [6.07, 6.45) is 5.35. The Bertz CT molecular complexity index is 923. The fourth-order valence-electron chi connectivity index (χ4n) is 2.42. The van der Waals surface area contributed by atoms with Crippen LogP contribution < -0.4 is 5.32 Å². The molecule has 0 saturated heterocycles. The summed E-state index contributed by atoms with van der Waals surface area (Å²) in [4.78, 5) is 17.1. The lowest BCUT2D eigenvalue weighted by Gasteiger charge is -2.06. The molecule has 0 aliphatic carbocycles. The number of anilines is 1. The summed E-state index contributed by atoms with van der Waals surface area (Å²) in [5.74, 6) is -0.0819. The predicted molar refractivity (Wildman–Crippen MR) is 93.3 cm³/mol. The third-order valence-electron chi connectivity index (χ3n) is 3.58. The quantitative estimate of drug-likeness (QED) is 0.610. The molecule has 4 rings (SSSR count). The van der Waals surface area contributed by atoms with Crippen LogP contribution in [-0.4, -0.2) is 15.5 Å². The fourth-order valence-corrected chi connectivity index (χ4v) is 3.37. The highest BCUT2D eigenvalue weighted by molar-refractivity contribution is 7.20. The molecule has 0 atom stereocenters. The molecule has 0 fully saturated rings. The van der Waals surface area contributed by atoms with Gasteiger partial charge < -0.3 is 9.88 Å². The number of nitrogens with zero attached hydrogens (tertiary/aromatic N) is 2. The van der Waals surface area contributed by atoms with Gasteiger partial charge in [0, 0.05) is 28.5 Å². The summed E-state index contributed by atoms with van der Waals surface area (Å²) in [7, 11) is 0. The van der Waals surface area contributed by atoms with Crippen molar-refractivity contribution in [3.63, 3.8) is 0 Å². The van der Waals surface area contributed by atoms with Gasteiger partial charge in [0.2, 0.25) is 0 Å². The van der Waals surface area contributed by atoms with E-state index in [0.717, 1.165) is 21.5 Å². The van der Waals surface area contributed by atoms with Gasteiger partial charge in [0.15, 0.2) is 0 Å². The maximum absolute atomic E-state index is 12.4. The summed E-state index contributed by atoms with van der Waals surface area (Å²) in [5.41, 5.74) is 1.78. The zero-order chi connectivity index (χ0) is 15.6. The SMILES string of the molecule is O=C(Nc1ccc(-n2ccnc2)cc1)c1cc2ccccc2s1. The van der Waals surface area contributed by atoms with Crippen LogP contribution in [0.2, 0.25) is 0 Å². The molecular formula is C18H13N3OS. The molecule has 2 heterocycles. The van der Waals surface area contributed by atoms with E-state index in [4.69, 9.17) is 0 Å². The molecule has 0 radical (unpaired) electrons. The lowest BCUT2D eigenvalue weighted by atomic mass is 10.2. The second-order valence-electron chi connectivity index (χ2n) is 5.12. The predicted octanol–water partition coefficient (Wildman–Crippen LogP) is 4.34. The molecule has 2 aromatic carbocycles. The standard InChI is InChI=1S/C18H13N3OS/c22-18(17-11-13-3-1-2-4-16(13)23-17)20-14-5-7-15(8-6-14)21-10-9-19-12-21/h1-12H,(H,20,22). The monoisotopic (exact) mass is 319 g/mol. The molecule has 2 aromatic heterocycles. The Kier molecular flexibility index (Phi) is 3.40. The third kappa shape index (κ3) is 2.74. The lowest BCUT2D eigenvalue weighted by molar-refractivity contribution is 0.103. The van der Waals surface area contributed by atoms with Gasteiger partial charge in [-0.15, -0.1) is 11.3 Å². The largest absolute Gasteiger partial charge is 0.321 e. The van der Waals surface area contributed by atoms with E-state index in [9.17, 15) is 4.79 Å². The Balaban J connectivity index is 1.54. The number of hydrogen-bond donors (Lipinski definition) is 1. The first-order valence-electron chi connectivity index (χ1n) is 7.18. The maximum Gasteiger partial charge on any atom is 0.265 e. The topological polar surface area (TPSA) is 46.9 Å². The number of amides is 1. The van der Waals surface area contributed by atoms with Gasteiger partial charge in [-0.3, -0.25) is 4.79 Å². The third-order valence-corrected chi connectivity index (χ3v) is 4.69. The number of carbonyl (C=O) groups is 1. The maximum atomic E-state index is 12.4. The zero-order valence-electron chi connectivity index (χ0n) is 12.1. The minimum atomic E-state index is -0.0819. The molecule has 112 valence electrons.